The van der Waals surface area contributed by atoms with Crippen LogP contribution in [0.3, 0.4) is 0 Å². The third kappa shape index (κ3) is 4.87. The number of rotatable bonds is 5. The average molecular weight is 205 g/mol. The van der Waals surface area contributed by atoms with Gasteiger partial charge in [-0.3, -0.25) is 0 Å². The average Bonchev–Trinajstić information content (AvgIpc) is 2.14. The van der Waals surface area contributed by atoms with Crippen LogP contribution in [0, 0.1) is 5.92 Å². The fraction of sp³-hybridized carbons (Fsp3) is 0.571. The fourth-order valence-corrected chi connectivity index (χ4v) is 1.61. The molecule has 0 unspecified atom stereocenters. The van der Waals surface area contributed by atoms with Gasteiger partial charge in [0.05, 0.1) is 0 Å². The second-order valence-electron chi connectivity index (χ2n) is 4.93. The van der Waals surface area contributed by atoms with Crippen molar-refractivity contribution in [3.63, 3.8) is 0 Å². The minimum Gasteiger partial charge on any atom is -0.383 e. The summed E-state index contributed by atoms with van der Waals surface area (Å²) in [6, 6.07) is 9.26. The molecule has 0 aromatic heterocycles. The summed E-state index contributed by atoms with van der Waals surface area (Å²) in [5, 5.41) is 3.43. The maximum atomic E-state index is 3.43. The lowest BCUT2D eigenvalue weighted by Crippen LogP contribution is -2.09. The van der Waals surface area contributed by atoms with E-state index in [1.807, 2.05) is 0 Å². The van der Waals surface area contributed by atoms with Crippen LogP contribution >= 0.6 is 0 Å². The van der Waals surface area contributed by atoms with E-state index in [1.165, 1.54) is 24.1 Å². The first-order valence-electron chi connectivity index (χ1n) is 5.93. The summed E-state index contributed by atoms with van der Waals surface area (Å²) in [5.41, 5.74) is 2.68. The summed E-state index contributed by atoms with van der Waals surface area (Å²) in [6.45, 7) is 8.88. The van der Waals surface area contributed by atoms with Gasteiger partial charge < -0.3 is 5.32 Å². The van der Waals surface area contributed by atoms with Gasteiger partial charge in [-0.15, -0.1) is 0 Å². The Morgan fingerprint density at radius 1 is 1.13 bits per heavy atom. The predicted octanol–water partition coefficient (Wildman–Crippen LogP) is 4.10. The SMILES string of the molecule is CC(C)CCc1cccc(NC(C)C)c1. The van der Waals surface area contributed by atoms with Gasteiger partial charge in [-0.2, -0.15) is 0 Å². The Bertz CT molecular complexity index is 289. The van der Waals surface area contributed by atoms with E-state index in [0.29, 0.717) is 6.04 Å². The van der Waals surface area contributed by atoms with Crippen molar-refractivity contribution in [1.82, 2.24) is 0 Å². The van der Waals surface area contributed by atoms with Crippen LogP contribution < -0.4 is 5.32 Å². The van der Waals surface area contributed by atoms with Crippen LogP contribution in [0.2, 0.25) is 0 Å². The zero-order valence-electron chi connectivity index (χ0n) is 10.4. The molecule has 1 aromatic carbocycles. The highest BCUT2D eigenvalue weighted by atomic mass is 14.9. The predicted molar refractivity (Wildman–Crippen MR) is 68.4 cm³/mol. The molecule has 0 spiro atoms. The molecule has 1 nitrogen and oxygen atoms in total. The molecule has 0 saturated heterocycles. The van der Waals surface area contributed by atoms with Crippen LogP contribution in [-0.2, 0) is 6.42 Å². The number of hydrogen-bond donors (Lipinski definition) is 1. The molecule has 0 bridgehead atoms. The number of anilines is 1. The molecule has 0 saturated carbocycles. The van der Waals surface area contributed by atoms with Gasteiger partial charge in [0.25, 0.3) is 0 Å². The van der Waals surface area contributed by atoms with Gasteiger partial charge in [0, 0.05) is 11.7 Å². The highest BCUT2D eigenvalue weighted by Gasteiger charge is 1.99. The molecule has 1 rings (SSSR count). The first kappa shape index (κ1) is 12.1. The minimum atomic E-state index is 0.505. The third-order valence-corrected chi connectivity index (χ3v) is 2.39. The van der Waals surface area contributed by atoms with Gasteiger partial charge >= 0.3 is 0 Å². The van der Waals surface area contributed by atoms with E-state index in [-0.39, 0.29) is 0 Å². The largest absolute Gasteiger partial charge is 0.383 e. The van der Waals surface area contributed by atoms with E-state index < -0.39 is 0 Å². The lowest BCUT2D eigenvalue weighted by molar-refractivity contribution is 0.587. The fourth-order valence-electron chi connectivity index (χ4n) is 1.61. The van der Waals surface area contributed by atoms with Crippen LogP contribution in [0.5, 0.6) is 0 Å². The van der Waals surface area contributed by atoms with Gasteiger partial charge in [-0.1, -0.05) is 26.0 Å². The first-order valence-corrected chi connectivity index (χ1v) is 5.93. The number of benzene rings is 1. The van der Waals surface area contributed by atoms with Crippen molar-refractivity contribution in [2.24, 2.45) is 5.92 Å². The van der Waals surface area contributed by atoms with E-state index in [0.717, 1.165) is 5.92 Å². The Labute approximate surface area is 93.9 Å². The summed E-state index contributed by atoms with van der Waals surface area (Å²) in [4.78, 5) is 0. The molecule has 0 atom stereocenters. The molecule has 15 heavy (non-hydrogen) atoms. The maximum absolute atomic E-state index is 3.43. The Balaban J connectivity index is 2.57. The Hall–Kier alpha value is -0.980. The zero-order valence-corrected chi connectivity index (χ0v) is 10.4. The lowest BCUT2D eigenvalue weighted by Gasteiger charge is -2.11. The quantitative estimate of drug-likeness (QED) is 0.763. The summed E-state index contributed by atoms with van der Waals surface area (Å²) in [7, 11) is 0. The van der Waals surface area contributed by atoms with Crippen LogP contribution in [0.1, 0.15) is 39.7 Å². The zero-order chi connectivity index (χ0) is 11.3. The maximum Gasteiger partial charge on any atom is 0.0344 e. The van der Waals surface area contributed by atoms with Crippen molar-refractivity contribution in [1.29, 1.82) is 0 Å². The van der Waals surface area contributed by atoms with Gasteiger partial charge in [-0.05, 0) is 50.3 Å². The molecule has 1 N–H and O–H groups in total. The van der Waals surface area contributed by atoms with Crippen molar-refractivity contribution in [3.8, 4) is 0 Å². The Morgan fingerprint density at radius 2 is 1.87 bits per heavy atom. The van der Waals surface area contributed by atoms with Crippen molar-refractivity contribution < 1.29 is 0 Å². The van der Waals surface area contributed by atoms with Crippen molar-refractivity contribution in [2.75, 3.05) is 5.32 Å². The second-order valence-corrected chi connectivity index (χ2v) is 4.93. The number of nitrogens with one attached hydrogen (secondary N) is 1. The van der Waals surface area contributed by atoms with E-state index in [2.05, 4.69) is 57.3 Å². The summed E-state index contributed by atoms with van der Waals surface area (Å²) < 4.78 is 0. The van der Waals surface area contributed by atoms with Crippen LogP contribution in [0.4, 0.5) is 5.69 Å². The van der Waals surface area contributed by atoms with Crippen molar-refractivity contribution in [3.05, 3.63) is 29.8 Å². The Kier molecular flexibility index (Phi) is 4.67. The highest BCUT2D eigenvalue weighted by molar-refractivity contribution is 5.46. The smallest absolute Gasteiger partial charge is 0.0344 e. The lowest BCUT2D eigenvalue weighted by atomic mass is 10.0. The highest BCUT2D eigenvalue weighted by Crippen LogP contribution is 2.15. The monoisotopic (exact) mass is 205 g/mol. The molecular weight excluding hydrogens is 182 g/mol. The summed E-state index contributed by atoms with van der Waals surface area (Å²) in [6.07, 6.45) is 2.45. The van der Waals surface area contributed by atoms with E-state index in [4.69, 9.17) is 0 Å². The van der Waals surface area contributed by atoms with Crippen LogP contribution in [0.25, 0.3) is 0 Å². The summed E-state index contributed by atoms with van der Waals surface area (Å²) in [5.74, 6) is 0.784. The summed E-state index contributed by atoms with van der Waals surface area (Å²) >= 11 is 0. The van der Waals surface area contributed by atoms with E-state index in [1.54, 1.807) is 0 Å². The van der Waals surface area contributed by atoms with E-state index >= 15 is 0 Å². The van der Waals surface area contributed by atoms with Crippen molar-refractivity contribution in [2.45, 2.75) is 46.6 Å². The second kappa shape index (κ2) is 5.79. The topological polar surface area (TPSA) is 12.0 Å². The molecule has 0 heterocycles. The standard InChI is InChI=1S/C14H23N/c1-11(2)8-9-13-6-5-7-14(10-13)15-12(3)4/h5-7,10-12,15H,8-9H2,1-4H3. The normalized spacial score (nSPS) is 11.1. The molecule has 0 aliphatic rings. The molecule has 0 fully saturated rings. The van der Waals surface area contributed by atoms with Gasteiger partial charge in [-0.25, -0.2) is 0 Å². The molecule has 84 valence electrons. The van der Waals surface area contributed by atoms with Crippen LogP contribution in [-0.4, -0.2) is 6.04 Å². The first-order chi connectivity index (χ1) is 7.08. The third-order valence-electron chi connectivity index (χ3n) is 2.39. The molecular formula is C14H23N. The molecule has 1 aromatic rings. The minimum absolute atomic E-state index is 0.505. The van der Waals surface area contributed by atoms with Gasteiger partial charge in [0.15, 0.2) is 0 Å². The molecule has 0 radical (unpaired) electrons. The number of aryl methyl sites for hydroxylation is 1. The Morgan fingerprint density at radius 3 is 2.47 bits per heavy atom. The molecule has 0 aliphatic carbocycles. The van der Waals surface area contributed by atoms with Gasteiger partial charge in [0.2, 0.25) is 0 Å². The molecule has 0 amide bonds. The molecule has 0 aliphatic heterocycles. The molecule has 1 heteroatoms. The van der Waals surface area contributed by atoms with Crippen LogP contribution in [0.15, 0.2) is 24.3 Å². The van der Waals surface area contributed by atoms with Crippen molar-refractivity contribution >= 4 is 5.69 Å². The van der Waals surface area contributed by atoms with E-state index in [9.17, 15) is 0 Å². The number of hydrogen-bond acceptors (Lipinski definition) is 1. The van der Waals surface area contributed by atoms with Gasteiger partial charge in [0.1, 0.15) is 0 Å².